The van der Waals surface area contributed by atoms with Crippen LogP contribution in [0, 0.1) is 0 Å². The van der Waals surface area contributed by atoms with Crippen molar-refractivity contribution < 1.29 is 0 Å². The fourth-order valence-electron chi connectivity index (χ4n) is 2.79. The lowest BCUT2D eigenvalue weighted by Crippen LogP contribution is -2.13. The molecule has 0 saturated carbocycles. The molecule has 0 aliphatic carbocycles. The van der Waals surface area contributed by atoms with Crippen molar-refractivity contribution in [3.63, 3.8) is 0 Å². The van der Waals surface area contributed by atoms with Gasteiger partial charge >= 0.3 is 0 Å². The fourth-order valence-corrected chi connectivity index (χ4v) is 4.98. The molecule has 1 heterocycles. The Bertz CT molecular complexity index is 882. The molecule has 4 rings (SSSR count). The van der Waals surface area contributed by atoms with Crippen LogP contribution in [0.25, 0.3) is 5.69 Å². The Labute approximate surface area is 148 Å². The van der Waals surface area contributed by atoms with Gasteiger partial charge in [-0.3, -0.25) is 0 Å². The predicted octanol–water partition coefficient (Wildman–Crippen LogP) is 3.90. The summed E-state index contributed by atoms with van der Waals surface area (Å²) in [7, 11) is -0.499. The SMILES string of the molecule is c1ccc(-n2cc(CP(c3ccccc3)c3ccccc3)nn2)cc1. The quantitative estimate of drug-likeness (QED) is 0.515. The molecule has 4 heteroatoms. The van der Waals surface area contributed by atoms with Crippen LogP contribution in [0.5, 0.6) is 0 Å². The lowest BCUT2D eigenvalue weighted by molar-refractivity contribution is 0.800. The van der Waals surface area contributed by atoms with Crippen LogP contribution in [-0.4, -0.2) is 15.0 Å². The summed E-state index contributed by atoms with van der Waals surface area (Å²) < 4.78 is 1.85. The van der Waals surface area contributed by atoms with Crippen molar-refractivity contribution in [2.45, 2.75) is 6.16 Å². The van der Waals surface area contributed by atoms with E-state index in [0.29, 0.717) is 0 Å². The minimum absolute atomic E-state index is 0.499. The van der Waals surface area contributed by atoms with Crippen LogP contribution < -0.4 is 10.6 Å². The fraction of sp³-hybridized carbons (Fsp3) is 0.0476. The largest absolute Gasteiger partial charge is 0.220 e. The summed E-state index contributed by atoms with van der Waals surface area (Å²) in [5.41, 5.74) is 2.05. The van der Waals surface area contributed by atoms with E-state index in [0.717, 1.165) is 17.5 Å². The molecule has 0 aliphatic heterocycles. The zero-order chi connectivity index (χ0) is 16.9. The van der Waals surface area contributed by atoms with Gasteiger partial charge in [0.1, 0.15) is 0 Å². The van der Waals surface area contributed by atoms with Gasteiger partial charge in [0.25, 0.3) is 0 Å². The molecule has 0 atom stereocenters. The number of benzene rings is 3. The Kier molecular flexibility index (Phi) is 4.67. The summed E-state index contributed by atoms with van der Waals surface area (Å²) in [6.07, 6.45) is 2.92. The van der Waals surface area contributed by atoms with E-state index in [2.05, 4.69) is 71.0 Å². The third-order valence-electron chi connectivity index (χ3n) is 4.02. The Balaban J connectivity index is 1.65. The van der Waals surface area contributed by atoms with Gasteiger partial charge in [-0.2, -0.15) is 0 Å². The van der Waals surface area contributed by atoms with Crippen LogP contribution in [0.3, 0.4) is 0 Å². The first kappa shape index (κ1) is 15.7. The van der Waals surface area contributed by atoms with E-state index in [1.54, 1.807) is 0 Å². The molecule has 0 spiro atoms. The van der Waals surface area contributed by atoms with Crippen molar-refractivity contribution >= 4 is 18.5 Å². The van der Waals surface area contributed by atoms with E-state index >= 15 is 0 Å². The summed E-state index contributed by atoms with van der Waals surface area (Å²) in [5.74, 6) is 0. The van der Waals surface area contributed by atoms with E-state index < -0.39 is 7.92 Å². The maximum absolute atomic E-state index is 4.41. The van der Waals surface area contributed by atoms with Gasteiger partial charge < -0.3 is 0 Å². The minimum atomic E-state index is -0.499. The standard InChI is InChI=1S/C21H18N3P/c1-4-10-19(11-5-1)24-16-18(22-23-24)17-25(20-12-6-2-7-13-20)21-14-8-3-9-15-21/h1-16H,17H2. The molecule has 1 aromatic heterocycles. The molecule has 0 radical (unpaired) electrons. The zero-order valence-electron chi connectivity index (χ0n) is 13.7. The molecular weight excluding hydrogens is 325 g/mol. The number of para-hydroxylation sites is 1. The highest BCUT2D eigenvalue weighted by molar-refractivity contribution is 7.72. The highest BCUT2D eigenvalue weighted by Gasteiger charge is 2.16. The van der Waals surface area contributed by atoms with Crippen LogP contribution in [-0.2, 0) is 6.16 Å². The van der Waals surface area contributed by atoms with Gasteiger partial charge in [0, 0.05) is 6.16 Å². The van der Waals surface area contributed by atoms with E-state index in [9.17, 15) is 0 Å². The van der Waals surface area contributed by atoms with Gasteiger partial charge in [-0.25, -0.2) is 4.68 Å². The van der Waals surface area contributed by atoms with Crippen LogP contribution in [0.15, 0.2) is 97.2 Å². The van der Waals surface area contributed by atoms with Crippen molar-refractivity contribution in [2.24, 2.45) is 0 Å². The van der Waals surface area contributed by atoms with Crippen molar-refractivity contribution in [1.82, 2.24) is 15.0 Å². The maximum atomic E-state index is 4.41. The number of hydrogen-bond donors (Lipinski definition) is 0. The lowest BCUT2D eigenvalue weighted by atomic mass is 10.3. The Morgan fingerprint density at radius 1 is 0.680 bits per heavy atom. The van der Waals surface area contributed by atoms with Crippen molar-refractivity contribution in [3.05, 3.63) is 103 Å². The number of nitrogens with zero attached hydrogens (tertiary/aromatic N) is 3. The molecule has 0 saturated heterocycles. The van der Waals surface area contributed by atoms with E-state index in [-0.39, 0.29) is 0 Å². The number of aromatic nitrogens is 3. The monoisotopic (exact) mass is 343 g/mol. The Hall–Kier alpha value is -2.77. The molecule has 3 aromatic carbocycles. The maximum Gasteiger partial charge on any atom is 0.0880 e. The van der Waals surface area contributed by atoms with Gasteiger partial charge in [-0.15, -0.1) is 5.10 Å². The lowest BCUT2D eigenvalue weighted by Gasteiger charge is -2.17. The second kappa shape index (κ2) is 7.42. The molecule has 0 N–H and O–H groups in total. The van der Waals surface area contributed by atoms with Gasteiger partial charge in [0.15, 0.2) is 0 Å². The van der Waals surface area contributed by atoms with Crippen molar-refractivity contribution in [3.8, 4) is 5.69 Å². The molecule has 0 aliphatic rings. The average Bonchev–Trinajstić information content (AvgIpc) is 3.17. The molecule has 0 amide bonds. The summed E-state index contributed by atoms with van der Waals surface area (Å²) in [4.78, 5) is 0. The third kappa shape index (κ3) is 3.67. The van der Waals surface area contributed by atoms with Crippen molar-refractivity contribution in [1.29, 1.82) is 0 Å². The van der Waals surface area contributed by atoms with E-state index in [4.69, 9.17) is 0 Å². The molecule has 4 aromatic rings. The minimum Gasteiger partial charge on any atom is -0.220 e. The average molecular weight is 343 g/mol. The highest BCUT2D eigenvalue weighted by Crippen LogP contribution is 2.37. The second-order valence-electron chi connectivity index (χ2n) is 5.75. The Morgan fingerprint density at radius 3 is 1.76 bits per heavy atom. The molecule has 25 heavy (non-hydrogen) atoms. The van der Waals surface area contributed by atoms with Crippen molar-refractivity contribution in [2.75, 3.05) is 0 Å². The molecular formula is C21H18N3P. The molecule has 0 bridgehead atoms. The van der Waals surface area contributed by atoms with Gasteiger partial charge in [0.05, 0.1) is 17.6 Å². The third-order valence-corrected chi connectivity index (χ3v) is 6.50. The van der Waals surface area contributed by atoms with Crippen LogP contribution in [0.2, 0.25) is 0 Å². The first-order valence-electron chi connectivity index (χ1n) is 8.24. The molecule has 122 valence electrons. The van der Waals surface area contributed by atoms with E-state index in [1.807, 2.05) is 41.2 Å². The van der Waals surface area contributed by atoms with Crippen LogP contribution in [0.4, 0.5) is 0 Å². The van der Waals surface area contributed by atoms with E-state index in [1.165, 1.54) is 10.6 Å². The predicted molar refractivity (Wildman–Crippen MR) is 104 cm³/mol. The summed E-state index contributed by atoms with van der Waals surface area (Å²) in [5, 5.41) is 11.4. The summed E-state index contributed by atoms with van der Waals surface area (Å²) in [6, 6.07) is 31.5. The van der Waals surface area contributed by atoms with Crippen LogP contribution >= 0.6 is 7.92 Å². The first-order chi connectivity index (χ1) is 12.4. The van der Waals surface area contributed by atoms with Gasteiger partial charge in [-0.1, -0.05) is 84.1 Å². The molecule has 3 nitrogen and oxygen atoms in total. The summed E-state index contributed by atoms with van der Waals surface area (Å²) >= 11 is 0. The number of hydrogen-bond acceptors (Lipinski definition) is 2. The van der Waals surface area contributed by atoms with Gasteiger partial charge in [0.2, 0.25) is 0 Å². The Morgan fingerprint density at radius 2 is 1.20 bits per heavy atom. The van der Waals surface area contributed by atoms with Crippen LogP contribution in [0.1, 0.15) is 5.69 Å². The first-order valence-corrected chi connectivity index (χ1v) is 9.77. The number of rotatable bonds is 5. The normalized spacial score (nSPS) is 10.9. The molecule has 0 fully saturated rings. The topological polar surface area (TPSA) is 30.7 Å². The second-order valence-corrected chi connectivity index (χ2v) is 7.95. The molecule has 0 unspecified atom stereocenters. The highest BCUT2D eigenvalue weighted by atomic mass is 31.1. The smallest absolute Gasteiger partial charge is 0.0880 e. The van der Waals surface area contributed by atoms with Gasteiger partial charge in [-0.05, 0) is 30.7 Å². The summed E-state index contributed by atoms with van der Waals surface area (Å²) in [6.45, 7) is 0. The zero-order valence-corrected chi connectivity index (χ0v) is 14.6.